The molecule has 5 nitrogen and oxygen atoms in total. The molecule has 0 heterocycles. The summed E-state index contributed by atoms with van der Waals surface area (Å²) >= 11 is 5.97. The molecule has 0 fully saturated rings. The van der Waals surface area contributed by atoms with Crippen LogP contribution in [0.15, 0.2) is 12.1 Å². The van der Waals surface area contributed by atoms with Crippen LogP contribution in [-0.2, 0) is 4.74 Å². The Morgan fingerprint density at radius 1 is 1.42 bits per heavy atom. The van der Waals surface area contributed by atoms with Gasteiger partial charge in [-0.1, -0.05) is 11.6 Å². The largest absolute Gasteiger partial charge is 0.492 e. The summed E-state index contributed by atoms with van der Waals surface area (Å²) in [7, 11) is 0. The van der Waals surface area contributed by atoms with Gasteiger partial charge >= 0.3 is 6.09 Å². The maximum Gasteiger partial charge on any atom is 0.412 e. The summed E-state index contributed by atoms with van der Waals surface area (Å²) in [6, 6.07) is 3.10. The van der Waals surface area contributed by atoms with Crippen molar-refractivity contribution in [3.8, 4) is 5.75 Å². The average molecular weight is 287 g/mol. The van der Waals surface area contributed by atoms with E-state index in [1.807, 2.05) is 6.92 Å². The topological polar surface area (TPSA) is 73.6 Å². The Hall–Kier alpha value is -1.62. The van der Waals surface area contributed by atoms with Crippen molar-refractivity contribution in [2.24, 2.45) is 0 Å². The van der Waals surface area contributed by atoms with Crippen molar-refractivity contribution >= 4 is 29.1 Å². The molecule has 0 saturated heterocycles. The standard InChI is InChI=1S/C13H19ClN2O3/c1-5-18-11-7-10(9(15)6-8(11)14)16-12(17)19-13(2,3)4/h6-7H,5,15H2,1-4H3,(H,16,17). The molecule has 3 N–H and O–H groups in total. The number of nitrogens with two attached hydrogens (primary N) is 1. The number of ether oxygens (including phenoxy) is 2. The first-order valence-electron chi connectivity index (χ1n) is 5.94. The third-order valence-corrected chi connectivity index (χ3v) is 2.33. The van der Waals surface area contributed by atoms with Gasteiger partial charge in [0.25, 0.3) is 0 Å². The molecule has 0 aliphatic carbocycles. The molecule has 0 saturated carbocycles. The van der Waals surface area contributed by atoms with E-state index in [9.17, 15) is 4.79 Å². The molecule has 0 unspecified atom stereocenters. The molecule has 1 aromatic carbocycles. The molecule has 1 amide bonds. The zero-order valence-electron chi connectivity index (χ0n) is 11.5. The van der Waals surface area contributed by atoms with E-state index in [2.05, 4.69) is 5.32 Å². The maximum atomic E-state index is 11.7. The molecule has 6 heteroatoms. The van der Waals surface area contributed by atoms with E-state index in [-0.39, 0.29) is 0 Å². The SMILES string of the molecule is CCOc1cc(NC(=O)OC(C)(C)C)c(N)cc1Cl. The van der Waals surface area contributed by atoms with Crippen LogP contribution in [0.1, 0.15) is 27.7 Å². The number of anilines is 2. The summed E-state index contributed by atoms with van der Waals surface area (Å²) in [5.41, 5.74) is 5.96. The second-order valence-electron chi connectivity index (χ2n) is 4.93. The number of nitrogens with one attached hydrogen (secondary N) is 1. The number of rotatable bonds is 3. The first-order chi connectivity index (χ1) is 8.73. The number of nitrogen functional groups attached to an aromatic ring is 1. The van der Waals surface area contributed by atoms with Crippen LogP contribution in [0.3, 0.4) is 0 Å². The molecule has 0 aliphatic heterocycles. The predicted molar refractivity (Wildman–Crippen MR) is 76.9 cm³/mol. The normalized spacial score (nSPS) is 11.0. The van der Waals surface area contributed by atoms with Gasteiger partial charge in [-0.15, -0.1) is 0 Å². The van der Waals surface area contributed by atoms with E-state index < -0.39 is 11.7 Å². The lowest BCUT2D eigenvalue weighted by Gasteiger charge is -2.20. The second kappa shape index (κ2) is 6.02. The molecule has 19 heavy (non-hydrogen) atoms. The van der Waals surface area contributed by atoms with Crippen molar-refractivity contribution in [3.05, 3.63) is 17.2 Å². The third-order valence-electron chi connectivity index (χ3n) is 2.04. The lowest BCUT2D eigenvalue weighted by molar-refractivity contribution is 0.0636. The molecule has 0 aromatic heterocycles. The molecule has 106 valence electrons. The van der Waals surface area contributed by atoms with Gasteiger partial charge in [-0.3, -0.25) is 5.32 Å². The number of benzene rings is 1. The van der Waals surface area contributed by atoms with Crippen LogP contribution < -0.4 is 15.8 Å². The van der Waals surface area contributed by atoms with Gasteiger partial charge in [0, 0.05) is 6.07 Å². The zero-order chi connectivity index (χ0) is 14.6. The van der Waals surface area contributed by atoms with E-state index in [0.29, 0.717) is 28.8 Å². The van der Waals surface area contributed by atoms with Crippen LogP contribution in [0.25, 0.3) is 0 Å². The third kappa shape index (κ3) is 4.87. The van der Waals surface area contributed by atoms with E-state index in [4.69, 9.17) is 26.8 Å². The van der Waals surface area contributed by atoms with E-state index >= 15 is 0 Å². The van der Waals surface area contributed by atoms with Crippen LogP contribution in [0.4, 0.5) is 16.2 Å². The fourth-order valence-corrected chi connectivity index (χ4v) is 1.58. The second-order valence-corrected chi connectivity index (χ2v) is 5.34. The van der Waals surface area contributed by atoms with Crippen molar-refractivity contribution in [2.75, 3.05) is 17.7 Å². The molecule has 0 atom stereocenters. The van der Waals surface area contributed by atoms with Crippen molar-refractivity contribution in [2.45, 2.75) is 33.3 Å². The molecule has 0 spiro atoms. The molecule has 1 aromatic rings. The number of halogens is 1. The van der Waals surface area contributed by atoms with Crippen molar-refractivity contribution < 1.29 is 14.3 Å². The highest BCUT2D eigenvalue weighted by molar-refractivity contribution is 6.32. The maximum absolute atomic E-state index is 11.7. The quantitative estimate of drug-likeness (QED) is 0.832. The molecule has 0 radical (unpaired) electrons. The number of hydrogen-bond acceptors (Lipinski definition) is 4. The summed E-state index contributed by atoms with van der Waals surface area (Å²) in [5.74, 6) is 0.462. The minimum Gasteiger partial charge on any atom is -0.492 e. The first-order valence-corrected chi connectivity index (χ1v) is 6.32. The van der Waals surface area contributed by atoms with Gasteiger partial charge in [-0.2, -0.15) is 0 Å². The number of carbonyl (C=O) groups is 1. The Balaban J connectivity index is 2.89. The summed E-state index contributed by atoms with van der Waals surface area (Å²) < 4.78 is 10.5. The van der Waals surface area contributed by atoms with Crippen LogP contribution in [0.2, 0.25) is 5.02 Å². The molecular formula is C13H19ClN2O3. The van der Waals surface area contributed by atoms with Gasteiger partial charge < -0.3 is 15.2 Å². The van der Waals surface area contributed by atoms with Gasteiger partial charge in [0.2, 0.25) is 0 Å². The van der Waals surface area contributed by atoms with Crippen LogP contribution in [0, 0.1) is 0 Å². The number of carbonyl (C=O) groups excluding carboxylic acids is 1. The highest BCUT2D eigenvalue weighted by atomic mass is 35.5. The summed E-state index contributed by atoms with van der Waals surface area (Å²) in [4.78, 5) is 11.7. The molecule has 0 aliphatic rings. The van der Waals surface area contributed by atoms with Gasteiger partial charge in [-0.25, -0.2) is 4.79 Å². The summed E-state index contributed by atoms with van der Waals surface area (Å²) in [5, 5.41) is 2.97. The van der Waals surface area contributed by atoms with Crippen LogP contribution in [-0.4, -0.2) is 18.3 Å². The zero-order valence-corrected chi connectivity index (χ0v) is 12.3. The fourth-order valence-electron chi connectivity index (χ4n) is 1.36. The van der Waals surface area contributed by atoms with Gasteiger partial charge in [0.15, 0.2) is 0 Å². The Bertz CT molecular complexity index is 470. The molecule has 1 rings (SSSR count). The van der Waals surface area contributed by atoms with Gasteiger partial charge in [0.1, 0.15) is 11.4 Å². The lowest BCUT2D eigenvalue weighted by atomic mass is 10.2. The first kappa shape index (κ1) is 15.4. The van der Waals surface area contributed by atoms with E-state index in [1.165, 1.54) is 6.07 Å². The highest BCUT2D eigenvalue weighted by Gasteiger charge is 2.17. The monoisotopic (exact) mass is 286 g/mol. The number of hydrogen-bond donors (Lipinski definition) is 2. The van der Waals surface area contributed by atoms with E-state index in [0.717, 1.165) is 0 Å². The van der Waals surface area contributed by atoms with Gasteiger partial charge in [0.05, 0.1) is 23.0 Å². The Kier molecular flexibility index (Phi) is 4.89. The van der Waals surface area contributed by atoms with Crippen molar-refractivity contribution in [1.82, 2.24) is 0 Å². The summed E-state index contributed by atoms with van der Waals surface area (Å²) in [6.45, 7) is 7.65. The minimum absolute atomic E-state index is 0.347. The Labute approximate surface area is 118 Å². The summed E-state index contributed by atoms with van der Waals surface area (Å²) in [6.07, 6.45) is -0.580. The van der Waals surface area contributed by atoms with Crippen LogP contribution >= 0.6 is 11.6 Å². The predicted octanol–water partition coefficient (Wildman–Crippen LogP) is 3.67. The van der Waals surface area contributed by atoms with Crippen molar-refractivity contribution in [3.63, 3.8) is 0 Å². The Morgan fingerprint density at radius 2 is 2.05 bits per heavy atom. The van der Waals surface area contributed by atoms with Crippen molar-refractivity contribution in [1.29, 1.82) is 0 Å². The van der Waals surface area contributed by atoms with E-state index in [1.54, 1.807) is 26.8 Å². The highest BCUT2D eigenvalue weighted by Crippen LogP contribution is 2.33. The van der Waals surface area contributed by atoms with Gasteiger partial charge in [-0.05, 0) is 33.8 Å². The minimum atomic E-state index is -0.580. The lowest BCUT2D eigenvalue weighted by Crippen LogP contribution is -2.27. The average Bonchev–Trinajstić information content (AvgIpc) is 2.22. The van der Waals surface area contributed by atoms with Crippen LogP contribution in [0.5, 0.6) is 5.75 Å². The number of amides is 1. The molecule has 0 bridgehead atoms. The smallest absolute Gasteiger partial charge is 0.412 e. The molecular weight excluding hydrogens is 268 g/mol. The fraction of sp³-hybridized carbons (Fsp3) is 0.462. The Morgan fingerprint density at radius 3 is 2.58 bits per heavy atom.